The second-order valence-electron chi connectivity index (χ2n) is 5.74. The Labute approximate surface area is 150 Å². The van der Waals surface area contributed by atoms with Crippen LogP contribution in [0.15, 0.2) is 48.5 Å². The Morgan fingerprint density at radius 3 is 2.58 bits per heavy atom. The van der Waals surface area contributed by atoms with Gasteiger partial charge in [-0.3, -0.25) is 9.59 Å². The first-order valence-corrected chi connectivity index (χ1v) is 8.10. The van der Waals surface area contributed by atoms with Gasteiger partial charge < -0.3 is 15.0 Å². The van der Waals surface area contributed by atoms with Crippen molar-refractivity contribution < 1.29 is 14.3 Å². The van der Waals surface area contributed by atoms with Gasteiger partial charge in [-0.15, -0.1) is 0 Å². The number of nitrogens with one attached hydrogen (secondary N) is 2. The van der Waals surface area contributed by atoms with Crippen LogP contribution in [-0.4, -0.2) is 24.0 Å². The fraction of sp³-hybridized carbons (Fsp3) is 0.150. The highest BCUT2D eigenvalue weighted by atomic mass is 16.5. The Hall–Kier alpha value is -3.59. The van der Waals surface area contributed by atoms with E-state index in [4.69, 9.17) is 10.00 Å². The third-order valence-electron chi connectivity index (χ3n) is 4.14. The van der Waals surface area contributed by atoms with Gasteiger partial charge in [0.25, 0.3) is 5.91 Å². The number of ether oxygens (including phenoxy) is 1. The van der Waals surface area contributed by atoms with Crippen LogP contribution < -0.4 is 5.32 Å². The van der Waals surface area contributed by atoms with Gasteiger partial charge in [-0.05, 0) is 36.8 Å². The summed E-state index contributed by atoms with van der Waals surface area (Å²) in [7, 11) is 1.35. The van der Waals surface area contributed by atoms with E-state index in [0.717, 1.165) is 16.5 Å². The van der Waals surface area contributed by atoms with Gasteiger partial charge in [0.1, 0.15) is 5.82 Å². The topological polar surface area (TPSA) is 95.0 Å². The van der Waals surface area contributed by atoms with Crippen molar-refractivity contribution in [3.63, 3.8) is 0 Å². The number of methoxy groups -OCH3 is 1. The zero-order chi connectivity index (χ0) is 18.5. The molecular weight excluding hydrogens is 330 g/mol. The highest BCUT2D eigenvalue weighted by Gasteiger charge is 2.16. The number of H-pyrrole nitrogens is 1. The van der Waals surface area contributed by atoms with Gasteiger partial charge in [0.15, 0.2) is 0 Å². The number of anilines is 1. The molecule has 0 saturated carbocycles. The Bertz CT molecular complexity index is 997. The first kappa shape index (κ1) is 17.2. The lowest BCUT2D eigenvalue weighted by molar-refractivity contribution is -0.140. The number of esters is 1. The Morgan fingerprint density at radius 1 is 1.15 bits per heavy atom. The molecule has 1 amide bonds. The molecule has 6 heteroatoms. The number of benzene rings is 2. The molecule has 0 saturated heterocycles. The fourth-order valence-corrected chi connectivity index (χ4v) is 2.78. The van der Waals surface area contributed by atoms with Crippen molar-refractivity contribution in [3.05, 3.63) is 65.2 Å². The first-order valence-electron chi connectivity index (χ1n) is 8.10. The third kappa shape index (κ3) is 3.57. The standard InChI is InChI=1S/C20H17N3O3/c1-26-18(24)11-10-16-15-4-2-3-5-17(15)22-19(16)23-20(25)14-8-6-13(12-21)7-9-14/h2-9,22H,10-11H2,1H3,(H,23,25). The molecule has 2 aromatic carbocycles. The number of rotatable bonds is 5. The summed E-state index contributed by atoms with van der Waals surface area (Å²) >= 11 is 0. The molecule has 26 heavy (non-hydrogen) atoms. The normalized spacial score (nSPS) is 10.3. The summed E-state index contributed by atoms with van der Waals surface area (Å²) in [6.45, 7) is 0. The predicted molar refractivity (Wildman–Crippen MR) is 97.7 cm³/mol. The van der Waals surface area contributed by atoms with E-state index in [1.807, 2.05) is 30.3 Å². The van der Waals surface area contributed by atoms with Crippen molar-refractivity contribution in [2.24, 2.45) is 0 Å². The quantitative estimate of drug-likeness (QED) is 0.692. The fourth-order valence-electron chi connectivity index (χ4n) is 2.78. The number of nitriles is 1. The van der Waals surface area contributed by atoms with Crippen molar-refractivity contribution in [2.45, 2.75) is 12.8 Å². The van der Waals surface area contributed by atoms with E-state index in [-0.39, 0.29) is 18.3 Å². The largest absolute Gasteiger partial charge is 0.469 e. The summed E-state index contributed by atoms with van der Waals surface area (Å²) in [6, 6.07) is 16.1. The number of hydrogen-bond donors (Lipinski definition) is 2. The zero-order valence-electron chi connectivity index (χ0n) is 14.2. The maximum absolute atomic E-state index is 12.5. The summed E-state index contributed by atoms with van der Waals surface area (Å²) in [5, 5.41) is 12.7. The second kappa shape index (κ2) is 7.53. The van der Waals surface area contributed by atoms with Crippen molar-refractivity contribution in [3.8, 4) is 6.07 Å². The summed E-state index contributed by atoms with van der Waals surface area (Å²) < 4.78 is 4.71. The lowest BCUT2D eigenvalue weighted by Crippen LogP contribution is -2.13. The maximum Gasteiger partial charge on any atom is 0.305 e. The number of carbonyl (C=O) groups excluding carboxylic acids is 2. The first-order chi connectivity index (χ1) is 12.6. The van der Waals surface area contributed by atoms with Crippen LogP contribution >= 0.6 is 0 Å². The van der Waals surface area contributed by atoms with E-state index in [1.165, 1.54) is 7.11 Å². The lowest BCUT2D eigenvalue weighted by Gasteiger charge is -2.07. The Morgan fingerprint density at radius 2 is 1.88 bits per heavy atom. The van der Waals surface area contributed by atoms with Crippen LogP contribution in [0.1, 0.15) is 27.9 Å². The molecule has 0 spiro atoms. The minimum absolute atomic E-state index is 0.220. The molecule has 3 rings (SSSR count). The molecular formula is C20H17N3O3. The molecule has 0 radical (unpaired) electrons. The van der Waals surface area contributed by atoms with Crippen molar-refractivity contribution in [2.75, 3.05) is 12.4 Å². The van der Waals surface area contributed by atoms with E-state index in [9.17, 15) is 9.59 Å². The predicted octanol–water partition coefficient (Wildman–Crippen LogP) is 3.40. The maximum atomic E-state index is 12.5. The highest BCUT2D eigenvalue weighted by molar-refractivity contribution is 6.06. The molecule has 0 aliphatic heterocycles. The number of aryl methyl sites for hydroxylation is 1. The number of amides is 1. The van der Waals surface area contributed by atoms with E-state index >= 15 is 0 Å². The third-order valence-corrected chi connectivity index (χ3v) is 4.14. The number of carbonyl (C=O) groups is 2. The monoisotopic (exact) mass is 347 g/mol. The zero-order valence-corrected chi connectivity index (χ0v) is 14.2. The van der Waals surface area contributed by atoms with Crippen LogP contribution in [0.2, 0.25) is 0 Å². The van der Waals surface area contributed by atoms with Crippen molar-refractivity contribution in [1.82, 2.24) is 4.98 Å². The number of hydrogen-bond acceptors (Lipinski definition) is 4. The number of para-hydroxylation sites is 1. The average Bonchev–Trinajstić information content (AvgIpc) is 3.03. The Kier molecular flexibility index (Phi) is 4.99. The summed E-state index contributed by atoms with van der Waals surface area (Å²) in [4.78, 5) is 27.2. The summed E-state index contributed by atoms with van der Waals surface area (Å²) in [6.07, 6.45) is 0.664. The van der Waals surface area contributed by atoms with Gasteiger partial charge in [0, 0.05) is 28.5 Å². The summed E-state index contributed by atoms with van der Waals surface area (Å²) in [5.74, 6) is -0.0375. The molecule has 1 aromatic heterocycles. The van der Waals surface area contributed by atoms with E-state index in [0.29, 0.717) is 23.4 Å². The molecule has 0 atom stereocenters. The van der Waals surface area contributed by atoms with Crippen molar-refractivity contribution >= 4 is 28.6 Å². The van der Waals surface area contributed by atoms with Crippen LogP contribution in [0.25, 0.3) is 10.9 Å². The SMILES string of the molecule is COC(=O)CCc1c(NC(=O)c2ccc(C#N)cc2)[nH]c2ccccc12. The number of aromatic nitrogens is 1. The molecule has 0 aliphatic rings. The van der Waals surface area contributed by atoms with Crippen LogP contribution in [0.5, 0.6) is 0 Å². The highest BCUT2D eigenvalue weighted by Crippen LogP contribution is 2.28. The number of aromatic amines is 1. The van der Waals surface area contributed by atoms with E-state index in [2.05, 4.69) is 10.3 Å². The molecule has 3 aromatic rings. The van der Waals surface area contributed by atoms with E-state index < -0.39 is 0 Å². The van der Waals surface area contributed by atoms with Crippen LogP contribution in [0, 0.1) is 11.3 Å². The van der Waals surface area contributed by atoms with Gasteiger partial charge in [-0.1, -0.05) is 18.2 Å². The molecule has 0 bridgehead atoms. The lowest BCUT2D eigenvalue weighted by atomic mass is 10.1. The van der Waals surface area contributed by atoms with Crippen molar-refractivity contribution in [1.29, 1.82) is 5.26 Å². The van der Waals surface area contributed by atoms with E-state index in [1.54, 1.807) is 24.3 Å². The molecule has 2 N–H and O–H groups in total. The molecule has 1 heterocycles. The van der Waals surface area contributed by atoms with Gasteiger partial charge in [-0.25, -0.2) is 0 Å². The van der Waals surface area contributed by atoms with Gasteiger partial charge in [0.05, 0.1) is 18.7 Å². The van der Waals surface area contributed by atoms with Crippen LogP contribution in [-0.2, 0) is 16.0 Å². The molecule has 0 fully saturated rings. The second-order valence-corrected chi connectivity index (χ2v) is 5.74. The molecule has 130 valence electrons. The average molecular weight is 347 g/mol. The minimum Gasteiger partial charge on any atom is -0.469 e. The van der Waals surface area contributed by atoms with Crippen LogP contribution in [0.4, 0.5) is 5.82 Å². The minimum atomic E-state index is -0.306. The smallest absolute Gasteiger partial charge is 0.305 e. The summed E-state index contributed by atoms with van der Waals surface area (Å²) in [5.41, 5.74) is 2.67. The van der Waals surface area contributed by atoms with Gasteiger partial charge >= 0.3 is 5.97 Å². The van der Waals surface area contributed by atoms with Crippen LogP contribution in [0.3, 0.4) is 0 Å². The van der Waals surface area contributed by atoms with Gasteiger partial charge in [0.2, 0.25) is 0 Å². The molecule has 0 aliphatic carbocycles. The van der Waals surface area contributed by atoms with Gasteiger partial charge in [-0.2, -0.15) is 5.26 Å². The molecule has 6 nitrogen and oxygen atoms in total. The number of nitrogens with zero attached hydrogens (tertiary/aromatic N) is 1. The molecule has 0 unspecified atom stereocenters. The number of fused-ring (bicyclic) bond motifs is 1. The Balaban J connectivity index is 1.89.